The average molecular weight is 285 g/mol. The lowest BCUT2D eigenvalue weighted by Gasteiger charge is -2.09. The van der Waals surface area contributed by atoms with E-state index in [9.17, 15) is 13.6 Å². The summed E-state index contributed by atoms with van der Waals surface area (Å²) in [5.74, 6) is -3.04. The van der Waals surface area contributed by atoms with Crippen molar-refractivity contribution in [3.8, 4) is 11.3 Å². The van der Waals surface area contributed by atoms with E-state index >= 15 is 0 Å². The summed E-state index contributed by atoms with van der Waals surface area (Å²) >= 11 is 5.60. The molecule has 2 rings (SSSR count). The second-order valence-electron chi connectivity index (χ2n) is 3.67. The van der Waals surface area contributed by atoms with E-state index < -0.39 is 34.0 Å². The SMILES string of the molecule is Nc1c(F)c(-c2cccc(F)c2)nc(C(=O)O)c1Cl. The Morgan fingerprint density at radius 3 is 2.63 bits per heavy atom. The molecule has 0 aliphatic heterocycles. The second-order valence-corrected chi connectivity index (χ2v) is 4.04. The first-order chi connectivity index (χ1) is 8.91. The Morgan fingerprint density at radius 2 is 2.05 bits per heavy atom. The number of hydrogen-bond acceptors (Lipinski definition) is 3. The van der Waals surface area contributed by atoms with E-state index in [1.165, 1.54) is 18.2 Å². The fourth-order valence-electron chi connectivity index (χ4n) is 1.53. The van der Waals surface area contributed by atoms with Gasteiger partial charge in [-0.1, -0.05) is 23.7 Å². The number of rotatable bonds is 2. The minimum Gasteiger partial charge on any atom is -0.476 e. The molecule has 0 aliphatic rings. The lowest BCUT2D eigenvalue weighted by molar-refractivity contribution is 0.0691. The number of anilines is 1. The topological polar surface area (TPSA) is 76.2 Å². The predicted octanol–water partition coefficient (Wildman–Crippen LogP) is 2.96. The highest BCUT2D eigenvalue weighted by molar-refractivity contribution is 6.35. The molecule has 98 valence electrons. The Labute approximate surface area is 111 Å². The van der Waals surface area contributed by atoms with Gasteiger partial charge in [-0.2, -0.15) is 0 Å². The number of aromatic nitrogens is 1. The van der Waals surface area contributed by atoms with Crippen LogP contribution in [0.25, 0.3) is 11.3 Å². The maximum Gasteiger partial charge on any atom is 0.356 e. The van der Waals surface area contributed by atoms with Gasteiger partial charge >= 0.3 is 5.97 Å². The number of carboxylic acids is 1. The number of carbonyl (C=O) groups is 1. The van der Waals surface area contributed by atoms with E-state index in [1.807, 2.05) is 0 Å². The van der Waals surface area contributed by atoms with E-state index in [4.69, 9.17) is 22.4 Å². The van der Waals surface area contributed by atoms with Crippen LogP contribution in [0.3, 0.4) is 0 Å². The molecule has 0 bridgehead atoms. The molecule has 7 heteroatoms. The minimum absolute atomic E-state index is 0.0726. The third-order valence-corrected chi connectivity index (χ3v) is 2.80. The normalized spacial score (nSPS) is 10.5. The number of nitrogens with two attached hydrogens (primary N) is 1. The highest BCUT2D eigenvalue weighted by Crippen LogP contribution is 2.32. The Morgan fingerprint density at radius 1 is 1.37 bits per heavy atom. The smallest absolute Gasteiger partial charge is 0.356 e. The van der Waals surface area contributed by atoms with Crippen molar-refractivity contribution in [2.45, 2.75) is 0 Å². The Hall–Kier alpha value is -2.21. The van der Waals surface area contributed by atoms with Crippen molar-refractivity contribution in [1.82, 2.24) is 4.98 Å². The molecule has 2 aromatic rings. The number of halogens is 3. The molecule has 0 saturated heterocycles. The van der Waals surface area contributed by atoms with Crippen LogP contribution in [-0.2, 0) is 0 Å². The highest BCUT2D eigenvalue weighted by atomic mass is 35.5. The van der Waals surface area contributed by atoms with E-state index in [-0.39, 0.29) is 11.3 Å². The molecule has 3 N–H and O–H groups in total. The first kappa shape index (κ1) is 13.2. The molecular formula is C12H7ClF2N2O2. The van der Waals surface area contributed by atoms with Gasteiger partial charge in [0.15, 0.2) is 11.5 Å². The molecule has 1 aromatic heterocycles. The summed E-state index contributed by atoms with van der Waals surface area (Å²) in [6.45, 7) is 0. The fourth-order valence-corrected chi connectivity index (χ4v) is 1.74. The van der Waals surface area contributed by atoms with Crippen LogP contribution in [0.5, 0.6) is 0 Å². The van der Waals surface area contributed by atoms with Crippen LogP contribution in [-0.4, -0.2) is 16.1 Å². The standard InChI is InChI=1S/C12H7ClF2N2O2/c13-7-9(16)8(15)10(17-11(7)12(18)19)5-2-1-3-6(14)4-5/h1-4H,(H2,16,17)(H,18,19). The number of nitrogens with zero attached hydrogens (tertiary/aromatic N) is 1. The van der Waals surface area contributed by atoms with Crippen molar-refractivity contribution in [2.75, 3.05) is 5.73 Å². The van der Waals surface area contributed by atoms with E-state index in [1.54, 1.807) is 0 Å². The lowest BCUT2D eigenvalue weighted by Crippen LogP contribution is -2.08. The molecule has 0 amide bonds. The first-order valence-electron chi connectivity index (χ1n) is 5.05. The molecular weight excluding hydrogens is 278 g/mol. The summed E-state index contributed by atoms with van der Waals surface area (Å²) in [6.07, 6.45) is 0. The minimum atomic E-state index is -1.45. The van der Waals surface area contributed by atoms with Gasteiger partial charge in [0.2, 0.25) is 0 Å². The maximum atomic E-state index is 13.9. The van der Waals surface area contributed by atoms with Crippen molar-refractivity contribution < 1.29 is 18.7 Å². The van der Waals surface area contributed by atoms with Gasteiger partial charge in [0.25, 0.3) is 0 Å². The number of benzene rings is 1. The number of aromatic carboxylic acids is 1. The van der Waals surface area contributed by atoms with Gasteiger partial charge < -0.3 is 10.8 Å². The molecule has 0 spiro atoms. The molecule has 0 aliphatic carbocycles. The van der Waals surface area contributed by atoms with Crippen LogP contribution in [0, 0.1) is 11.6 Å². The molecule has 1 aromatic carbocycles. The second kappa shape index (κ2) is 4.81. The van der Waals surface area contributed by atoms with Crippen LogP contribution >= 0.6 is 11.6 Å². The van der Waals surface area contributed by atoms with Gasteiger partial charge in [-0.25, -0.2) is 18.6 Å². The summed E-state index contributed by atoms with van der Waals surface area (Å²) in [6, 6.07) is 4.91. The quantitative estimate of drug-likeness (QED) is 0.889. The van der Waals surface area contributed by atoms with Crippen molar-refractivity contribution in [1.29, 1.82) is 0 Å². The van der Waals surface area contributed by atoms with Gasteiger partial charge in [-0.05, 0) is 12.1 Å². The molecule has 19 heavy (non-hydrogen) atoms. The summed E-state index contributed by atoms with van der Waals surface area (Å²) in [7, 11) is 0. The lowest BCUT2D eigenvalue weighted by atomic mass is 10.1. The van der Waals surface area contributed by atoms with Crippen LogP contribution in [0.4, 0.5) is 14.5 Å². The third-order valence-electron chi connectivity index (χ3n) is 2.41. The maximum absolute atomic E-state index is 13.9. The van der Waals surface area contributed by atoms with Crippen molar-refractivity contribution in [3.05, 3.63) is 46.6 Å². The van der Waals surface area contributed by atoms with E-state index in [2.05, 4.69) is 4.98 Å². The van der Waals surface area contributed by atoms with Crippen LogP contribution in [0.2, 0.25) is 5.02 Å². The highest BCUT2D eigenvalue weighted by Gasteiger charge is 2.21. The summed E-state index contributed by atoms with van der Waals surface area (Å²) in [5.41, 5.74) is 3.99. The third kappa shape index (κ3) is 2.34. The molecule has 0 atom stereocenters. The average Bonchev–Trinajstić information content (AvgIpc) is 2.36. The summed E-state index contributed by atoms with van der Waals surface area (Å²) in [4.78, 5) is 14.5. The van der Waals surface area contributed by atoms with Crippen molar-refractivity contribution in [2.24, 2.45) is 0 Å². The largest absolute Gasteiger partial charge is 0.476 e. The monoisotopic (exact) mass is 284 g/mol. The molecule has 0 unspecified atom stereocenters. The van der Waals surface area contributed by atoms with Crippen molar-refractivity contribution in [3.63, 3.8) is 0 Å². The van der Waals surface area contributed by atoms with Gasteiger partial charge in [-0.15, -0.1) is 0 Å². The Balaban J connectivity index is 2.74. The molecule has 0 fully saturated rings. The van der Waals surface area contributed by atoms with Crippen molar-refractivity contribution >= 4 is 23.3 Å². The van der Waals surface area contributed by atoms with Crippen LogP contribution in [0.1, 0.15) is 10.5 Å². The number of carboxylic acid groups (broad SMARTS) is 1. The van der Waals surface area contributed by atoms with E-state index in [0.717, 1.165) is 6.07 Å². The van der Waals surface area contributed by atoms with Gasteiger partial charge in [-0.3, -0.25) is 0 Å². The van der Waals surface area contributed by atoms with Gasteiger partial charge in [0.05, 0.1) is 10.7 Å². The van der Waals surface area contributed by atoms with Gasteiger partial charge in [0.1, 0.15) is 11.5 Å². The van der Waals surface area contributed by atoms with Crippen LogP contribution < -0.4 is 5.73 Å². The van der Waals surface area contributed by atoms with E-state index in [0.29, 0.717) is 0 Å². The summed E-state index contributed by atoms with van der Waals surface area (Å²) < 4.78 is 27.0. The molecule has 0 radical (unpaired) electrons. The zero-order valence-electron chi connectivity index (χ0n) is 9.32. The molecule has 1 heterocycles. The Kier molecular flexibility index (Phi) is 3.35. The number of nitrogen functional groups attached to an aromatic ring is 1. The summed E-state index contributed by atoms with van der Waals surface area (Å²) in [5, 5.41) is 8.43. The predicted molar refractivity (Wildman–Crippen MR) is 66.0 cm³/mol. The Bertz CT molecular complexity index is 677. The van der Waals surface area contributed by atoms with Crippen LogP contribution in [0.15, 0.2) is 24.3 Å². The molecule has 0 saturated carbocycles. The number of pyridine rings is 1. The zero-order chi connectivity index (χ0) is 14.2. The zero-order valence-corrected chi connectivity index (χ0v) is 10.1. The fraction of sp³-hybridized carbons (Fsp3) is 0. The molecule has 4 nitrogen and oxygen atoms in total. The first-order valence-corrected chi connectivity index (χ1v) is 5.43. The van der Waals surface area contributed by atoms with Gasteiger partial charge in [0, 0.05) is 5.56 Å². The number of hydrogen-bond donors (Lipinski definition) is 2.